The highest BCUT2D eigenvalue weighted by atomic mass is 19.4. The molecule has 0 saturated heterocycles. The highest BCUT2D eigenvalue weighted by Gasteiger charge is 2.34. The first-order chi connectivity index (χ1) is 11.3. The van der Waals surface area contributed by atoms with Crippen LogP contribution in [0.25, 0.3) is 5.65 Å². The fourth-order valence-electron chi connectivity index (χ4n) is 2.31. The second kappa shape index (κ2) is 5.99. The van der Waals surface area contributed by atoms with Crippen LogP contribution < -0.4 is 10.3 Å². The lowest BCUT2D eigenvalue weighted by molar-refractivity contribution is -0.139. The van der Waals surface area contributed by atoms with E-state index in [1.165, 1.54) is 28.7 Å². The number of pyridine rings is 1. The van der Waals surface area contributed by atoms with E-state index in [9.17, 15) is 18.0 Å². The summed E-state index contributed by atoms with van der Waals surface area (Å²) < 4.78 is 45.4. The largest absolute Gasteiger partial charge is 0.487 e. The number of aromatic nitrogens is 2. The summed E-state index contributed by atoms with van der Waals surface area (Å²) >= 11 is 0. The van der Waals surface area contributed by atoms with Gasteiger partial charge in [0.1, 0.15) is 18.0 Å². The third kappa shape index (κ3) is 3.24. The lowest BCUT2D eigenvalue weighted by Crippen LogP contribution is -2.17. The molecule has 0 amide bonds. The van der Waals surface area contributed by atoms with Gasteiger partial charge in [0.2, 0.25) is 0 Å². The topological polar surface area (TPSA) is 43.6 Å². The minimum Gasteiger partial charge on any atom is -0.487 e. The van der Waals surface area contributed by atoms with Crippen molar-refractivity contribution < 1.29 is 17.9 Å². The summed E-state index contributed by atoms with van der Waals surface area (Å²) in [5.74, 6) is -0.295. The molecule has 0 spiro atoms. The molecule has 124 valence electrons. The van der Waals surface area contributed by atoms with Gasteiger partial charge in [-0.1, -0.05) is 18.2 Å². The van der Waals surface area contributed by atoms with Gasteiger partial charge in [-0.15, -0.1) is 0 Å². The van der Waals surface area contributed by atoms with Crippen molar-refractivity contribution >= 4 is 5.65 Å². The van der Waals surface area contributed by atoms with Crippen molar-refractivity contribution in [2.45, 2.75) is 19.7 Å². The minimum absolute atomic E-state index is 0.229. The molecule has 2 heterocycles. The van der Waals surface area contributed by atoms with E-state index < -0.39 is 11.7 Å². The molecule has 0 saturated carbocycles. The normalized spacial score (nSPS) is 11.7. The molecule has 0 bridgehead atoms. The van der Waals surface area contributed by atoms with Crippen molar-refractivity contribution in [2.75, 3.05) is 0 Å². The highest BCUT2D eigenvalue weighted by molar-refractivity contribution is 5.40. The van der Waals surface area contributed by atoms with Crippen LogP contribution in [0, 0.1) is 6.92 Å². The zero-order chi connectivity index (χ0) is 17.3. The van der Waals surface area contributed by atoms with Crippen LogP contribution in [0.3, 0.4) is 0 Å². The van der Waals surface area contributed by atoms with Gasteiger partial charge in [-0.05, 0) is 30.7 Å². The summed E-state index contributed by atoms with van der Waals surface area (Å²) in [5, 5.41) is 0. The van der Waals surface area contributed by atoms with E-state index in [0.29, 0.717) is 5.65 Å². The number of rotatable bonds is 3. The van der Waals surface area contributed by atoms with Crippen LogP contribution in [-0.2, 0) is 12.8 Å². The Morgan fingerprint density at radius 1 is 1.17 bits per heavy atom. The molecular formula is C17H13F3N2O2. The standard InChI is InChI=1S/C17H13F3N2O2/c1-11-6-7-15-21-12(8-16(23)22(15)9-11)10-24-14-5-3-2-4-13(14)17(18,19)20/h2-9H,10H2,1H3. The molecule has 2 aromatic heterocycles. The number of ether oxygens (including phenoxy) is 1. The number of fused-ring (bicyclic) bond motifs is 1. The summed E-state index contributed by atoms with van der Waals surface area (Å²) in [4.78, 5) is 16.3. The Morgan fingerprint density at radius 2 is 1.92 bits per heavy atom. The molecule has 7 heteroatoms. The maximum absolute atomic E-state index is 12.9. The molecule has 0 radical (unpaired) electrons. The van der Waals surface area contributed by atoms with Crippen LogP contribution >= 0.6 is 0 Å². The molecule has 1 aromatic carbocycles. The van der Waals surface area contributed by atoms with Gasteiger partial charge in [-0.25, -0.2) is 4.98 Å². The van der Waals surface area contributed by atoms with Gasteiger partial charge in [0, 0.05) is 12.3 Å². The third-order valence-corrected chi connectivity index (χ3v) is 3.43. The monoisotopic (exact) mass is 334 g/mol. The second-order valence-electron chi connectivity index (χ2n) is 5.30. The average molecular weight is 334 g/mol. The fourth-order valence-corrected chi connectivity index (χ4v) is 2.31. The molecule has 4 nitrogen and oxygen atoms in total. The number of hydrogen-bond donors (Lipinski definition) is 0. The number of hydrogen-bond acceptors (Lipinski definition) is 3. The first-order valence-electron chi connectivity index (χ1n) is 7.12. The molecule has 0 N–H and O–H groups in total. The second-order valence-corrected chi connectivity index (χ2v) is 5.30. The summed E-state index contributed by atoms with van der Waals surface area (Å²) in [6.07, 6.45) is -2.86. The summed E-state index contributed by atoms with van der Waals surface area (Å²) in [7, 11) is 0. The number of aryl methyl sites for hydroxylation is 1. The molecule has 0 aliphatic rings. The summed E-state index contributed by atoms with van der Waals surface area (Å²) in [6, 6.07) is 9.65. The zero-order valence-corrected chi connectivity index (χ0v) is 12.7. The Balaban J connectivity index is 1.90. The number of alkyl halides is 3. The highest BCUT2D eigenvalue weighted by Crippen LogP contribution is 2.36. The number of para-hydroxylation sites is 1. The quantitative estimate of drug-likeness (QED) is 0.735. The van der Waals surface area contributed by atoms with Crippen molar-refractivity contribution in [3.63, 3.8) is 0 Å². The van der Waals surface area contributed by atoms with Crippen molar-refractivity contribution in [3.05, 3.63) is 75.8 Å². The van der Waals surface area contributed by atoms with Gasteiger partial charge in [0.15, 0.2) is 0 Å². The lowest BCUT2D eigenvalue weighted by atomic mass is 10.2. The van der Waals surface area contributed by atoms with Gasteiger partial charge in [0.25, 0.3) is 5.56 Å². The van der Waals surface area contributed by atoms with E-state index in [0.717, 1.165) is 11.6 Å². The molecule has 0 aliphatic heterocycles. The molecule has 0 fully saturated rings. The number of benzene rings is 1. The van der Waals surface area contributed by atoms with E-state index in [1.807, 2.05) is 6.92 Å². The molecular weight excluding hydrogens is 321 g/mol. The maximum atomic E-state index is 12.9. The molecule has 0 unspecified atom stereocenters. The van der Waals surface area contributed by atoms with Crippen LogP contribution in [0.15, 0.2) is 53.5 Å². The SMILES string of the molecule is Cc1ccc2nc(COc3ccccc3C(F)(F)F)cc(=O)n2c1. The number of nitrogens with zero attached hydrogens (tertiary/aromatic N) is 2. The molecule has 3 aromatic rings. The van der Waals surface area contributed by atoms with Gasteiger partial charge < -0.3 is 4.74 Å². The Labute approximate surface area is 135 Å². The fraction of sp³-hybridized carbons (Fsp3) is 0.176. The van der Waals surface area contributed by atoms with E-state index in [-0.39, 0.29) is 23.6 Å². The van der Waals surface area contributed by atoms with Crippen LogP contribution in [-0.4, -0.2) is 9.38 Å². The summed E-state index contributed by atoms with van der Waals surface area (Å²) in [6.45, 7) is 1.61. The smallest absolute Gasteiger partial charge is 0.419 e. The van der Waals surface area contributed by atoms with Crippen molar-refractivity contribution in [3.8, 4) is 5.75 Å². The van der Waals surface area contributed by atoms with Crippen LogP contribution in [0.2, 0.25) is 0 Å². The Kier molecular flexibility index (Phi) is 4.01. The molecule has 0 aliphatic carbocycles. The van der Waals surface area contributed by atoms with E-state index >= 15 is 0 Å². The predicted molar refractivity (Wildman–Crippen MR) is 82.0 cm³/mol. The predicted octanol–water partition coefficient (Wildman–Crippen LogP) is 3.60. The van der Waals surface area contributed by atoms with Crippen LogP contribution in [0.5, 0.6) is 5.75 Å². The Bertz CT molecular complexity index is 948. The van der Waals surface area contributed by atoms with Gasteiger partial charge >= 0.3 is 6.18 Å². The van der Waals surface area contributed by atoms with Gasteiger partial charge in [-0.2, -0.15) is 13.2 Å². The molecule has 3 rings (SSSR count). The van der Waals surface area contributed by atoms with E-state index in [2.05, 4.69) is 4.98 Å². The molecule has 0 atom stereocenters. The Hall–Kier alpha value is -2.83. The van der Waals surface area contributed by atoms with Crippen molar-refractivity contribution in [2.24, 2.45) is 0 Å². The van der Waals surface area contributed by atoms with Gasteiger partial charge in [-0.3, -0.25) is 9.20 Å². The maximum Gasteiger partial charge on any atom is 0.419 e. The molecule has 24 heavy (non-hydrogen) atoms. The van der Waals surface area contributed by atoms with E-state index in [1.54, 1.807) is 18.3 Å². The number of halogens is 3. The average Bonchev–Trinajstić information content (AvgIpc) is 2.53. The summed E-state index contributed by atoms with van der Waals surface area (Å²) in [5.41, 5.74) is 0.399. The first kappa shape index (κ1) is 16.0. The minimum atomic E-state index is -4.51. The van der Waals surface area contributed by atoms with Crippen molar-refractivity contribution in [1.29, 1.82) is 0 Å². The van der Waals surface area contributed by atoms with Crippen molar-refractivity contribution in [1.82, 2.24) is 9.38 Å². The van der Waals surface area contributed by atoms with Gasteiger partial charge in [0.05, 0.1) is 11.3 Å². The first-order valence-corrected chi connectivity index (χ1v) is 7.12. The zero-order valence-electron chi connectivity index (χ0n) is 12.7. The lowest BCUT2D eigenvalue weighted by Gasteiger charge is -2.13. The Morgan fingerprint density at radius 3 is 2.67 bits per heavy atom. The third-order valence-electron chi connectivity index (χ3n) is 3.43. The van der Waals surface area contributed by atoms with Crippen LogP contribution in [0.4, 0.5) is 13.2 Å². The van der Waals surface area contributed by atoms with Crippen LogP contribution in [0.1, 0.15) is 16.8 Å². The van der Waals surface area contributed by atoms with E-state index in [4.69, 9.17) is 4.74 Å².